The standard InChI is InChI=1S/C45H48N8O6/c1-57-45(56)51-40(32-16-7-4-8-17-32)44(55)53-25-11-19-38(53)42-48-34-23-21-30(27-36(34)50-42)13-9-12-29-20-22-33-35(26-29)49-41(47-33)37-18-10-24-52(37)43(54)39(46-28-59-58-2)31-14-5-3-6-15-31/h3-8,14-17,20-23,26-28,37-40H,9-13,18-19,24-25H2,1-2H3,(H,47,49)(H,48,50)(H,51,56)/b46-28-/t37-,38-,39?,40+/m0/s1. The topological polar surface area (TPSA) is 167 Å². The molecule has 0 aliphatic carbocycles. The van der Waals surface area contributed by atoms with Crippen molar-refractivity contribution in [2.24, 2.45) is 4.99 Å². The maximum absolute atomic E-state index is 13.9. The third-order valence-electron chi connectivity index (χ3n) is 11.3. The number of hydrogen-bond donors (Lipinski definition) is 3. The van der Waals surface area contributed by atoms with E-state index >= 15 is 0 Å². The zero-order valence-corrected chi connectivity index (χ0v) is 33.2. The number of aliphatic imine (C=N–C) groups is 1. The van der Waals surface area contributed by atoms with E-state index in [1.165, 1.54) is 31.7 Å². The van der Waals surface area contributed by atoms with Crippen LogP contribution < -0.4 is 5.32 Å². The first kappa shape index (κ1) is 39.3. The van der Waals surface area contributed by atoms with Crippen molar-refractivity contribution in [3.05, 3.63) is 131 Å². The Kier molecular flexibility index (Phi) is 11.9. The predicted molar refractivity (Wildman–Crippen MR) is 222 cm³/mol. The summed E-state index contributed by atoms with van der Waals surface area (Å²) in [7, 11) is 2.68. The van der Waals surface area contributed by atoms with Gasteiger partial charge in [-0.05, 0) is 91.5 Å². The van der Waals surface area contributed by atoms with Crippen LogP contribution in [-0.4, -0.2) is 81.4 Å². The van der Waals surface area contributed by atoms with E-state index in [0.29, 0.717) is 18.7 Å². The highest BCUT2D eigenvalue weighted by Crippen LogP contribution is 2.36. The number of aromatic amines is 2. The lowest BCUT2D eigenvalue weighted by atomic mass is 10.0. The Morgan fingerprint density at radius 2 is 1.37 bits per heavy atom. The normalized spacial score (nSPS) is 17.8. The minimum atomic E-state index is -0.869. The molecule has 2 fully saturated rings. The van der Waals surface area contributed by atoms with Gasteiger partial charge in [-0.25, -0.2) is 19.8 Å². The molecular formula is C45H48N8O6. The Morgan fingerprint density at radius 3 is 2.05 bits per heavy atom. The lowest BCUT2D eigenvalue weighted by molar-refractivity contribution is -0.188. The largest absolute Gasteiger partial charge is 0.453 e. The third kappa shape index (κ3) is 8.68. The molecule has 3 amide bonds. The molecule has 14 nitrogen and oxygen atoms in total. The van der Waals surface area contributed by atoms with Crippen molar-refractivity contribution in [1.29, 1.82) is 0 Å². The number of nitrogens with zero attached hydrogens (tertiary/aromatic N) is 5. The molecule has 304 valence electrons. The van der Waals surface area contributed by atoms with Gasteiger partial charge in [-0.3, -0.25) is 9.59 Å². The zero-order chi connectivity index (χ0) is 40.7. The highest BCUT2D eigenvalue weighted by atomic mass is 17.2. The summed E-state index contributed by atoms with van der Waals surface area (Å²) in [5, 5.41) is 2.73. The fourth-order valence-corrected chi connectivity index (χ4v) is 8.39. The summed E-state index contributed by atoms with van der Waals surface area (Å²) in [4.78, 5) is 74.7. The zero-order valence-electron chi connectivity index (χ0n) is 33.2. The summed E-state index contributed by atoms with van der Waals surface area (Å²) in [6.45, 7) is 1.18. The van der Waals surface area contributed by atoms with Crippen LogP contribution in [0.5, 0.6) is 0 Å². The van der Waals surface area contributed by atoms with Crippen LogP contribution in [0.2, 0.25) is 0 Å². The number of aromatic nitrogens is 4. The molecule has 2 aliphatic heterocycles. The third-order valence-corrected chi connectivity index (χ3v) is 11.3. The van der Waals surface area contributed by atoms with Gasteiger partial charge in [-0.15, -0.1) is 0 Å². The van der Waals surface area contributed by atoms with Gasteiger partial charge in [-0.1, -0.05) is 72.8 Å². The number of alkyl carbamates (subject to hydrolysis) is 1. The molecule has 2 saturated heterocycles. The molecule has 1 unspecified atom stereocenters. The van der Waals surface area contributed by atoms with Crippen LogP contribution >= 0.6 is 0 Å². The Balaban J connectivity index is 0.913. The number of fused-ring (bicyclic) bond motifs is 2. The number of carbonyl (C=O) groups excluding carboxylic acids is 3. The number of nitrogens with one attached hydrogen (secondary N) is 3. The minimum absolute atomic E-state index is 0.113. The lowest BCUT2D eigenvalue weighted by Crippen LogP contribution is -2.42. The van der Waals surface area contributed by atoms with E-state index in [-0.39, 0.29) is 23.9 Å². The van der Waals surface area contributed by atoms with Crippen LogP contribution in [-0.2, 0) is 36.9 Å². The first-order chi connectivity index (χ1) is 28.9. The first-order valence-corrected chi connectivity index (χ1v) is 20.1. The second kappa shape index (κ2) is 17.9. The summed E-state index contributed by atoms with van der Waals surface area (Å²) in [5.74, 6) is 1.21. The van der Waals surface area contributed by atoms with Gasteiger partial charge in [0.2, 0.25) is 6.40 Å². The van der Waals surface area contributed by atoms with E-state index in [2.05, 4.69) is 55.5 Å². The summed E-state index contributed by atoms with van der Waals surface area (Å²) < 4.78 is 4.84. The van der Waals surface area contributed by atoms with Crippen LogP contribution in [0.4, 0.5) is 4.79 Å². The molecule has 4 atom stereocenters. The Labute approximate surface area is 341 Å². The summed E-state index contributed by atoms with van der Waals surface area (Å²) >= 11 is 0. The summed E-state index contributed by atoms with van der Waals surface area (Å²) in [6, 6.07) is 29.3. The molecule has 2 aliphatic rings. The van der Waals surface area contributed by atoms with Gasteiger partial charge in [0.25, 0.3) is 11.8 Å². The van der Waals surface area contributed by atoms with Gasteiger partial charge in [0.05, 0.1) is 48.4 Å². The van der Waals surface area contributed by atoms with Crippen LogP contribution in [0.3, 0.4) is 0 Å². The molecule has 0 radical (unpaired) electrons. The quantitative estimate of drug-likeness (QED) is 0.0444. The summed E-state index contributed by atoms with van der Waals surface area (Å²) in [5.41, 5.74) is 7.45. The second-order valence-corrected chi connectivity index (χ2v) is 15.0. The molecule has 0 spiro atoms. The molecule has 4 aromatic carbocycles. The molecule has 3 N–H and O–H groups in total. The van der Waals surface area contributed by atoms with Crippen LogP contribution in [0.1, 0.15) is 90.2 Å². The summed E-state index contributed by atoms with van der Waals surface area (Å²) in [6.07, 6.45) is 6.47. The van der Waals surface area contributed by atoms with E-state index in [1.807, 2.05) is 76.5 Å². The van der Waals surface area contributed by atoms with E-state index in [0.717, 1.165) is 84.2 Å². The Morgan fingerprint density at radius 1 is 0.763 bits per heavy atom. The van der Waals surface area contributed by atoms with Gasteiger partial charge < -0.3 is 34.7 Å². The Bertz CT molecular complexity index is 2430. The second-order valence-electron chi connectivity index (χ2n) is 15.0. The number of aryl methyl sites for hydroxylation is 2. The molecule has 0 saturated carbocycles. The van der Waals surface area contributed by atoms with Gasteiger partial charge in [0.1, 0.15) is 17.7 Å². The number of imidazole rings is 2. The lowest BCUT2D eigenvalue weighted by Gasteiger charge is -2.28. The van der Waals surface area contributed by atoms with Gasteiger partial charge in [-0.2, -0.15) is 4.89 Å². The number of ether oxygens (including phenoxy) is 1. The van der Waals surface area contributed by atoms with Gasteiger partial charge >= 0.3 is 6.09 Å². The SMILES string of the molecule is COO/C=N\C(C(=O)N1CCC[C@H]1c1nc2cc(CCCc3ccc4nc([C@@H]5CCCN5C(=O)[C@H](NC(=O)OC)c5ccccc5)[nH]c4c3)ccc2[nH]1)c1ccccc1. The van der Waals surface area contributed by atoms with Crippen LogP contribution in [0.25, 0.3) is 22.1 Å². The molecule has 6 aromatic rings. The van der Waals surface area contributed by atoms with Gasteiger partial charge in [0, 0.05) is 13.1 Å². The number of rotatable bonds is 14. The van der Waals surface area contributed by atoms with Crippen molar-refractivity contribution < 1.29 is 28.9 Å². The average Bonchev–Trinajstić information content (AvgIpc) is 4.10. The van der Waals surface area contributed by atoms with Crippen molar-refractivity contribution in [2.75, 3.05) is 27.3 Å². The fraction of sp³-hybridized carbons (Fsp3) is 0.333. The van der Waals surface area contributed by atoms with Crippen molar-refractivity contribution in [3.63, 3.8) is 0 Å². The van der Waals surface area contributed by atoms with E-state index in [4.69, 9.17) is 19.6 Å². The highest BCUT2D eigenvalue weighted by molar-refractivity contribution is 5.88. The van der Waals surface area contributed by atoms with Crippen molar-refractivity contribution in [1.82, 2.24) is 35.1 Å². The van der Waals surface area contributed by atoms with Crippen molar-refractivity contribution in [3.8, 4) is 0 Å². The molecule has 8 rings (SSSR count). The maximum atomic E-state index is 13.9. The minimum Gasteiger partial charge on any atom is -0.453 e. The molecule has 59 heavy (non-hydrogen) atoms. The number of methoxy groups -OCH3 is 1. The molecule has 2 aromatic heterocycles. The number of likely N-dealkylation sites (tertiary alicyclic amines) is 2. The number of amides is 3. The number of H-pyrrole nitrogens is 2. The van der Waals surface area contributed by atoms with Crippen molar-refractivity contribution in [2.45, 2.75) is 69.1 Å². The van der Waals surface area contributed by atoms with Gasteiger partial charge in [0.15, 0.2) is 6.04 Å². The van der Waals surface area contributed by atoms with Crippen molar-refractivity contribution >= 4 is 46.4 Å². The number of benzene rings is 4. The monoisotopic (exact) mass is 796 g/mol. The number of hydrogen-bond acceptors (Lipinski definition) is 9. The molecule has 0 bridgehead atoms. The van der Waals surface area contributed by atoms with E-state index in [1.54, 1.807) is 0 Å². The maximum Gasteiger partial charge on any atom is 0.407 e. The van der Waals surface area contributed by atoms with E-state index in [9.17, 15) is 14.4 Å². The average molecular weight is 797 g/mol. The first-order valence-electron chi connectivity index (χ1n) is 20.1. The fourth-order valence-electron chi connectivity index (χ4n) is 8.39. The van der Waals surface area contributed by atoms with Crippen LogP contribution in [0.15, 0.2) is 102 Å². The predicted octanol–water partition coefficient (Wildman–Crippen LogP) is 7.39. The van der Waals surface area contributed by atoms with Crippen LogP contribution in [0, 0.1) is 0 Å². The Hall–Kier alpha value is -6.54. The number of carbonyl (C=O) groups is 3. The molecular weight excluding hydrogens is 749 g/mol. The van der Waals surface area contributed by atoms with E-state index < -0.39 is 18.2 Å². The smallest absolute Gasteiger partial charge is 0.407 e. The molecule has 14 heteroatoms. The molecule has 4 heterocycles. The highest BCUT2D eigenvalue weighted by Gasteiger charge is 2.38.